The van der Waals surface area contributed by atoms with E-state index in [0.29, 0.717) is 6.54 Å². The van der Waals surface area contributed by atoms with Gasteiger partial charge in [0.25, 0.3) is 0 Å². The number of anilines is 1. The molecule has 0 atom stereocenters. The fraction of sp³-hybridized carbons (Fsp3) is 0.500. The molecule has 2 aromatic heterocycles. The van der Waals surface area contributed by atoms with Crippen molar-refractivity contribution < 1.29 is 0 Å². The SMILES string of the molecule is CN=C(NCc1ccnc(N2CCCCC2)c1)N(C)Cc1cc(Cl)cn1C.I. The van der Waals surface area contributed by atoms with Gasteiger partial charge in [-0.25, -0.2) is 4.98 Å². The highest BCUT2D eigenvalue weighted by molar-refractivity contribution is 14.0. The van der Waals surface area contributed by atoms with Crippen LogP contribution < -0.4 is 10.2 Å². The number of halogens is 2. The first-order chi connectivity index (χ1) is 13.1. The zero-order valence-electron chi connectivity index (χ0n) is 16.9. The number of aryl methyl sites for hydroxylation is 1. The fourth-order valence-electron chi connectivity index (χ4n) is 3.47. The number of nitrogens with zero attached hydrogens (tertiary/aromatic N) is 5. The van der Waals surface area contributed by atoms with Crippen LogP contribution in [-0.2, 0) is 20.1 Å². The van der Waals surface area contributed by atoms with Gasteiger partial charge < -0.3 is 19.7 Å². The number of hydrogen-bond donors (Lipinski definition) is 1. The van der Waals surface area contributed by atoms with Crippen molar-refractivity contribution in [1.29, 1.82) is 0 Å². The molecule has 28 heavy (non-hydrogen) atoms. The largest absolute Gasteiger partial charge is 0.357 e. The summed E-state index contributed by atoms with van der Waals surface area (Å²) in [5.74, 6) is 1.93. The summed E-state index contributed by atoms with van der Waals surface area (Å²) in [6, 6.07) is 6.23. The monoisotopic (exact) mass is 516 g/mol. The summed E-state index contributed by atoms with van der Waals surface area (Å²) in [6.45, 7) is 3.66. The Kier molecular flexibility index (Phi) is 8.88. The highest BCUT2D eigenvalue weighted by Gasteiger charge is 2.13. The van der Waals surface area contributed by atoms with Crippen molar-refractivity contribution in [3.63, 3.8) is 0 Å². The standard InChI is InChI=1S/C20H29ClN6.HI/c1-22-20(26(3)15-18-12-17(21)14-25(18)2)24-13-16-7-8-23-19(11-16)27-9-5-4-6-10-27;/h7-8,11-12,14H,4-6,9-10,13,15H2,1-3H3,(H,22,24);1H. The predicted octanol–water partition coefficient (Wildman–Crippen LogP) is 3.89. The lowest BCUT2D eigenvalue weighted by Gasteiger charge is -2.28. The molecule has 8 heteroatoms. The molecule has 3 rings (SSSR count). The Morgan fingerprint density at radius 2 is 2.04 bits per heavy atom. The maximum Gasteiger partial charge on any atom is 0.194 e. The van der Waals surface area contributed by atoms with E-state index in [9.17, 15) is 0 Å². The Bertz CT molecular complexity index is 785. The van der Waals surface area contributed by atoms with Crippen LogP contribution in [0.4, 0.5) is 5.82 Å². The molecule has 0 spiro atoms. The van der Waals surface area contributed by atoms with Crippen molar-refractivity contribution >= 4 is 47.4 Å². The molecule has 3 heterocycles. The molecule has 1 saturated heterocycles. The smallest absolute Gasteiger partial charge is 0.194 e. The lowest BCUT2D eigenvalue weighted by Crippen LogP contribution is -2.38. The van der Waals surface area contributed by atoms with E-state index >= 15 is 0 Å². The van der Waals surface area contributed by atoms with Crippen LogP contribution in [0.2, 0.25) is 5.02 Å². The molecular weight excluding hydrogens is 487 g/mol. The first kappa shape index (κ1) is 22.8. The van der Waals surface area contributed by atoms with Crippen molar-refractivity contribution in [2.75, 3.05) is 32.1 Å². The fourth-order valence-corrected chi connectivity index (χ4v) is 3.75. The van der Waals surface area contributed by atoms with Crippen LogP contribution in [0.5, 0.6) is 0 Å². The third-order valence-corrected chi connectivity index (χ3v) is 5.19. The Morgan fingerprint density at radius 3 is 2.68 bits per heavy atom. The number of guanidine groups is 1. The summed E-state index contributed by atoms with van der Waals surface area (Å²) in [4.78, 5) is 13.4. The molecule has 0 radical (unpaired) electrons. The van der Waals surface area contributed by atoms with E-state index in [-0.39, 0.29) is 24.0 Å². The van der Waals surface area contributed by atoms with E-state index in [1.54, 1.807) is 0 Å². The van der Waals surface area contributed by atoms with Gasteiger partial charge in [-0.1, -0.05) is 11.6 Å². The van der Waals surface area contributed by atoms with Crippen molar-refractivity contribution in [3.8, 4) is 0 Å². The molecule has 154 valence electrons. The van der Waals surface area contributed by atoms with Gasteiger partial charge in [0, 0.05) is 58.9 Å². The molecule has 1 aliphatic rings. The van der Waals surface area contributed by atoms with Crippen LogP contribution in [-0.4, -0.2) is 47.6 Å². The minimum Gasteiger partial charge on any atom is -0.357 e. The number of piperidine rings is 1. The zero-order valence-corrected chi connectivity index (χ0v) is 19.9. The second-order valence-electron chi connectivity index (χ2n) is 7.09. The number of aromatic nitrogens is 2. The van der Waals surface area contributed by atoms with Crippen molar-refractivity contribution in [2.24, 2.45) is 12.0 Å². The van der Waals surface area contributed by atoms with E-state index in [1.807, 2.05) is 44.2 Å². The van der Waals surface area contributed by atoms with Crippen molar-refractivity contribution in [1.82, 2.24) is 19.8 Å². The molecular formula is C20H30ClIN6. The zero-order chi connectivity index (χ0) is 19.2. The van der Waals surface area contributed by atoms with Crippen LogP contribution in [0, 0.1) is 0 Å². The second kappa shape index (κ2) is 10.9. The predicted molar refractivity (Wildman–Crippen MR) is 128 cm³/mol. The van der Waals surface area contributed by atoms with Crippen LogP contribution in [0.15, 0.2) is 35.6 Å². The average molecular weight is 517 g/mol. The summed E-state index contributed by atoms with van der Waals surface area (Å²) < 4.78 is 2.04. The summed E-state index contributed by atoms with van der Waals surface area (Å²) in [5, 5.41) is 4.20. The molecule has 1 N–H and O–H groups in total. The molecule has 0 aromatic carbocycles. The van der Waals surface area contributed by atoms with Crippen LogP contribution in [0.3, 0.4) is 0 Å². The highest BCUT2D eigenvalue weighted by atomic mass is 127. The Morgan fingerprint density at radius 1 is 1.29 bits per heavy atom. The number of nitrogens with one attached hydrogen (secondary N) is 1. The molecule has 0 unspecified atom stereocenters. The molecule has 6 nitrogen and oxygen atoms in total. The van der Waals surface area contributed by atoms with E-state index < -0.39 is 0 Å². The molecule has 1 fully saturated rings. The van der Waals surface area contributed by atoms with Crippen LogP contribution in [0.1, 0.15) is 30.5 Å². The van der Waals surface area contributed by atoms with Crippen LogP contribution >= 0.6 is 35.6 Å². The maximum absolute atomic E-state index is 6.09. The van der Waals surface area contributed by atoms with Gasteiger partial charge in [0.05, 0.1) is 11.6 Å². The number of aliphatic imine (C=N–C) groups is 1. The van der Waals surface area contributed by atoms with Gasteiger partial charge in [0.15, 0.2) is 5.96 Å². The van der Waals surface area contributed by atoms with Gasteiger partial charge in [-0.05, 0) is 43.0 Å². The first-order valence-electron chi connectivity index (χ1n) is 9.49. The van der Waals surface area contributed by atoms with E-state index in [4.69, 9.17) is 11.6 Å². The maximum atomic E-state index is 6.09. The summed E-state index contributed by atoms with van der Waals surface area (Å²) >= 11 is 6.09. The molecule has 2 aromatic rings. The third kappa shape index (κ3) is 6.01. The normalized spacial score (nSPS) is 14.6. The van der Waals surface area contributed by atoms with E-state index in [0.717, 1.165) is 42.1 Å². The molecule has 1 aliphatic heterocycles. The Labute approximate surface area is 190 Å². The van der Waals surface area contributed by atoms with Gasteiger partial charge >= 0.3 is 0 Å². The highest BCUT2D eigenvalue weighted by Crippen LogP contribution is 2.18. The third-order valence-electron chi connectivity index (χ3n) is 4.99. The average Bonchev–Trinajstić information content (AvgIpc) is 3.00. The van der Waals surface area contributed by atoms with Crippen molar-refractivity contribution in [2.45, 2.75) is 32.4 Å². The Balaban J connectivity index is 0.00000280. The topological polar surface area (TPSA) is 48.7 Å². The lowest BCUT2D eigenvalue weighted by atomic mass is 10.1. The van der Waals surface area contributed by atoms with Gasteiger partial charge in [0.2, 0.25) is 0 Å². The summed E-state index contributed by atoms with van der Waals surface area (Å²) in [5.41, 5.74) is 2.35. The first-order valence-corrected chi connectivity index (χ1v) is 9.87. The van der Waals surface area contributed by atoms with Crippen LogP contribution in [0.25, 0.3) is 0 Å². The van der Waals surface area contributed by atoms with Gasteiger partial charge in [0.1, 0.15) is 5.82 Å². The minimum absolute atomic E-state index is 0. The number of hydrogen-bond acceptors (Lipinski definition) is 3. The van der Waals surface area contributed by atoms with E-state index in [2.05, 4.69) is 37.2 Å². The summed E-state index contributed by atoms with van der Waals surface area (Å²) in [7, 11) is 5.84. The van der Waals surface area contributed by atoms with Gasteiger partial charge in [-0.3, -0.25) is 4.99 Å². The number of rotatable bonds is 5. The Hall–Kier alpha value is -1.48. The van der Waals surface area contributed by atoms with Crippen molar-refractivity contribution in [3.05, 3.63) is 46.9 Å². The molecule has 0 saturated carbocycles. The second-order valence-corrected chi connectivity index (χ2v) is 7.52. The lowest BCUT2D eigenvalue weighted by molar-refractivity contribution is 0.461. The minimum atomic E-state index is 0. The molecule has 0 bridgehead atoms. The molecule has 0 aliphatic carbocycles. The molecule has 0 amide bonds. The van der Waals surface area contributed by atoms with Gasteiger partial charge in [-0.2, -0.15) is 0 Å². The van der Waals surface area contributed by atoms with E-state index in [1.165, 1.54) is 24.8 Å². The number of pyridine rings is 1. The van der Waals surface area contributed by atoms with Gasteiger partial charge in [-0.15, -0.1) is 24.0 Å². The summed E-state index contributed by atoms with van der Waals surface area (Å²) in [6.07, 6.45) is 7.65. The quantitative estimate of drug-likeness (QED) is 0.372.